The van der Waals surface area contributed by atoms with Crippen molar-refractivity contribution in [2.24, 2.45) is 13.0 Å². The Kier molecular flexibility index (Phi) is 4.20. The zero-order chi connectivity index (χ0) is 19.1. The molecule has 0 unspecified atom stereocenters. The Morgan fingerprint density at radius 2 is 1.89 bits per heavy atom. The summed E-state index contributed by atoms with van der Waals surface area (Å²) in [6, 6.07) is 14.5. The van der Waals surface area contributed by atoms with Gasteiger partial charge in [-0.15, -0.1) is 0 Å². The number of aromatic nitrogens is 1. The Morgan fingerprint density at radius 1 is 1.07 bits per heavy atom. The van der Waals surface area contributed by atoms with Crippen molar-refractivity contribution < 1.29 is 8.98 Å². The number of pyridine rings is 1. The first kappa shape index (κ1) is 17.3. The van der Waals surface area contributed by atoms with E-state index in [1.807, 2.05) is 25.4 Å². The maximum atomic E-state index is 7.88. The molecule has 2 aromatic carbocycles. The Balaban J connectivity index is 2.10. The maximum absolute atomic E-state index is 7.88. The van der Waals surface area contributed by atoms with Gasteiger partial charge in [-0.25, -0.2) is 9.41 Å². The fraction of sp³-hybridized carbons (Fsp3) is 0.250. The summed E-state index contributed by atoms with van der Waals surface area (Å²) in [5.74, 6) is 0.546. The second-order valence-electron chi connectivity index (χ2n) is 7.60. The highest BCUT2D eigenvalue weighted by Gasteiger charge is 2.23. The number of fused-ring (bicyclic) bond motifs is 3. The fourth-order valence-corrected chi connectivity index (χ4v) is 3.92. The average molecular weight is 355 g/mol. The second kappa shape index (κ2) is 6.55. The summed E-state index contributed by atoms with van der Waals surface area (Å²) in [5.41, 5.74) is 6.47. The van der Waals surface area contributed by atoms with Crippen LogP contribution in [-0.2, 0) is 13.5 Å². The summed E-state index contributed by atoms with van der Waals surface area (Å²) < 4.78 is 8.39. The average Bonchev–Trinajstić information content (AvgIpc) is 3.00. The number of para-hydroxylation sites is 1. The third-order valence-corrected chi connectivity index (χ3v) is 5.09. The monoisotopic (exact) mass is 355 g/mol. The second-order valence-corrected chi connectivity index (χ2v) is 7.60. The van der Waals surface area contributed by atoms with E-state index < -0.39 is 0 Å². The third kappa shape index (κ3) is 2.78. The minimum atomic E-state index is 0.546. The molecule has 0 amide bonds. The van der Waals surface area contributed by atoms with Crippen LogP contribution in [0.25, 0.3) is 38.0 Å². The van der Waals surface area contributed by atoms with Gasteiger partial charge in [-0.2, -0.15) is 0 Å². The standard InChI is InChI=1S/C24H23N2O/c1-15(2)13-17-9-8-10-18-19-14-16(3)21(20-11-6-7-12-26(20)5)22(25-4)24(19)27-23(17)18/h6-12,14-15H,13H2,1-3,5H3/q+1. The first-order chi connectivity index (χ1) is 13.0. The molecule has 0 fully saturated rings. The normalized spacial score (nSPS) is 11.4. The minimum absolute atomic E-state index is 0.546. The van der Waals surface area contributed by atoms with Crippen LogP contribution in [0.5, 0.6) is 0 Å². The van der Waals surface area contributed by atoms with E-state index in [-0.39, 0.29) is 0 Å². The number of aryl methyl sites for hydroxylation is 2. The summed E-state index contributed by atoms with van der Waals surface area (Å²) in [6.07, 6.45) is 2.97. The molecule has 4 rings (SSSR count). The number of hydrogen-bond donors (Lipinski definition) is 0. The van der Waals surface area contributed by atoms with Crippen LogP contribution in [0, 0.1) is 19.4 Å². The van der Waals surface area contributed by atoms with Crippen molar-refractivity contribution in [2.75, 3.05) is 0 Å². The molecule has 27 heavy (non-hydrogen) atoms. The van der Waals surface area contributed by atoms with Crippen molar-refractivity contribution in [1.82, 2.24) is 0 Å². The Labute approximate surface area is 159 Å². The van der Waals surface area contributed by atoms with Gasteiger partial charge in [-0.1, -0.05) is 32.0 Å². The van der Waals surface area contributed by atoms with Gasteiger partial charge in [-0.05, 0) is 42.5 Å². The van der Waals surface area contributed by atoms with E-state index in [0.29, 0.717) is 17.2 Å². The zero-order valence-corrected chi connectivity index (χ0v) is 16.2. The van der Waals surface area contributed by atoms with E-state index in [2.05, 4.69) is 60.5 Å². The van der Waals surface area contributed by atoms with Crippen LogP contribution in [0.2, 0.25) is 0 Å². The van der Waals surface area contributed by atoms with E-state index in [0.717, 1.165) is 39.6 Å². The number of benzene rings is 2. The van der Waals surface area contributed by atoms with Crippen LogP contribution >= 0.6 is 0 Å². The summed E-state index contributed by atoms with van der Waals surface area (Å²) in [7, 11) is 2.01. The van der Waals surface area contributed by atoms with E-state index in [1.165, 1.54) is 5.56 Å². The minimum Gasteiger partial charge on any atom is -0.467 e. The molecule has 0 aliphatic heterocycles. The fourth-order valence-electron chi connectivity index (χ4n) is 3.92. The molecule has 0 aliphatic carbocycles. The van der Waals surface area contributed by atoms with E-state index in [4.69, 9.17) is 11.0 Å². The molecule has 0 atom stereocenters. The SMILES string of the molecule is [C-]#[N+]c1c(-c2cccc[n+]2C)c(C)cc2c1oc1c(CC(C)C)cccc12. The highest BCUT2D eigenvalue weighted by atomic mass is 16.3. The quantitative estimate of drug-likeness (QED) is 0.320. The Morgan fingerprint density at radius 3 is 2.59 bits per heavy atom. The predicted octanol–water partition coefficient (Wildman–Crippen LogP) is 6.14. The van der Waals surface area contributed by atoms with Crippen LogP contribution in [0.15, 0.2) is 53.1 Å². The van der Waals surface area contributed by atoms with Crippen LogP contribution in [-0.4, -0.2) is 0 Å². The highest BCUT2D eigenvalue weighted by Crippen LogP contribution is 2.43. The molecular weight excluding hydrogens is 332 g/mol. The van der Waals surface area contributed by atoms with Crippen molar-refractivity contribution in [3.05, 3.63) is 71.2 Å². The maximum Gasteiger partial charge on any atom is 0.243 e. The lowest BCUT2D eigenvalue weighted by molar-refractivity contribution is -0.660. The Bertz CT molecular complexity index is 1210. The first-order valence-electron chi connectivity index (χ1n) is 9.31. The highest BCUT2D eigenvalue weighted by molar-refractivity contribution is 6.13. The molecule has 2 heterocycles. The molecule has 0 N–H and O–H groups in total. The lowest BCUT2D eigenvalue weighted by Crippen LogP contribution is -2.30. The van der Waals surface area contributed by atoms with Gasteiger partial charge in [0.25, 0.3) is 0 Å². The molecule has 0 bridgehead atoms. The lowest BCUT2D eigenvalue weighted by atomic mass is 9.97. The van der Waals surface area contributed by atoms with E-state index >= 15 is 0 Å². The van der Waals surface area contributed by atoms with Crippen molar-refractivity contribution >= 4 is 27.6 Å². The summed E-state index contributed by atoms with van der Waals surface area (Å²) in [5, 5.41) is 2.13. The summed E-state index contributed by atoms with van der Waals surface area (Å²) in [4.78, 5) is 3.91. The van der Waals surface area contributed by atoms with E-state index in [9.17, 15) is 0 Å². The number of hydrogen-bond acceptors (Lipinski definition) is 1. The number of rotatable bonds is 3. The smallest absolute Gasteiger partial charge is 0.243 e. The summed E-state index contributed by atoms with van der Waals surface area (Å²) >= 11 is 0. The molecule has 3 heteroatoms. The van der Waals surface area contributed by atoms with Gasteiger partial charge < -0.3 is 4.42 Å². The molecule has 0 spiro atoms. The number of furan rings is 1. The number of nitrogens with zero attached hydrogens (tertiary/aromatic N) is 2. The molecule has 0 radical (unpaired) electrons. The molecular formula is C24H23N2O+. The van der Waals surface area contributed by atoms with Gasteiger partial charge >= 0.3 is 0 Å². The van der Waals surface area contributed by atoms with Crippen LogP contribution in [0.3, 0.4) is 0 Å². The molecule has 0 saturated carbocycles. The van der Waals surface area contributed by atoms with Gasteiger partial charge in [0.05, 0.1) is 12.1 Å². The molecule has 2 aromatic heterocycles. The van der Waals surface area contributed by atoms with Crippen molar-refractivity contribution in [3.63, 3.8) is 0 Å². The molecule has 3 nitrogen and oxygen atoms in total. The van der Waals surface area contributed by atoms with Crippen molar-refractivity contribution in [2.45, 2.75) is 27.2 Å². The topological polar surface area (TPSA) is 21.4 Å². The largest absolute Gasteiger partial charge is 0.467 e. The lowest BCUT2D eigenvalue weighted by Gasteiger charge is -2.07. The first-order valence-corrected chi connectivity index (χ1v) is 9.31. The third-order valence-electron chi connectivity index (χ3n) is 5.09. The van der Waals surface area contributed by atoms with Crippen molar-refractivity contribution in [3.8, 4) is 11.3 Å². The van der Waals surface area contributed by atoms with Crippen LogP contribution < -0.4 is 4.57 Å². The van der Waals surface area contributed by atoms with Gasteiger partial charge in [0, 0.05) is 22.9 Å². The molecule has 134 valence electrons. The van der Waals surface area contributed by atoms with Crippen LogP contribution in [0.4, 0.5) is 5.69 Å². The van der Waals surface area contributed by atoms with Gasteiger partial charge in [0.1, 0.15) is 18.2 Å². The zero-order valence-electron chi connectivity index (χ0n) is 16.2. The molecule has 0 aliphatic rings. The Hall–Kier alpha value is -3.12. The van der Waals surface area contributed by atoms with Gasteiger partial charge in [-0.3, -0.25) is 0 Å². The van der Waals surface area contributed by atoms with E-state index in [1.54, 1.807) is 0 Å². The molecule has 4 aromatic rings. The van der Waals surface area contributed by atoms with Gasteiger partial charge in [0.15, 0.2) is 6.20 Å². The van der Waals surface area contributed by atoms with Crippen LogP contribution in [0.1, 0.15) is 25.0 Å². The van der Waals surface area contributed by atoms with Gasteiger partial charge in [0.2, 0.25) is 11.4 Å². The van der Waals surface area contributed by atoms with Crippen molar-refractivity contribution in [1.29, 1.82) is 0 Å². The predicted molar refractivity (Wildman–Crippen MR) is 110 cm³/mol. The summed E-state index contributed by atoms with van der Waals surface area (Å²) in [6.45, 7) is 14.4. The molecule has 0 saturated heterocycles.